The third-order valence-corrected chi connectivity index (χ3v) is 4.22. The van der Waals surface area contributed by atoms with Crippen LogP contribution in [0.4, 0.5) is 0 Å². The summed E-state index contributed by atoms with van der Waals surface area (Å²) < 4.78 is 1.64. The van der Waals surface area contributed by atoms with E-state index in [4.69, 9.17) is 0 Å². The van der Waals surface area contributed by atoms with Gasteiger partial charge in [0.2, 0.25) is 0 Å². The standard InChI is InChI=1S/C14H20N4OS/c1-4-15-10(3)11-8-6-7-9-12(11)20-14-17-16-13(19)18(14)5-2/h6-10,15H,4-5H2,1-3H3,(H,16,19). The Bertz CT molecular complexity index is 620. The molecule has 1 aromatic carbocycles. The van der Waals surface area contributed by atoms with Crippen LogP contribution in [-0.2, 0) is 6.54 Å². The molecule has 0 spiro atoms. The molecule has 0 aliphatic heterocycles. The van der Waals surface area contributed by atoms with Gasteiger partial charge in [-0.2, -0.15) is 0 Å². The second-order valence-electron chi connectivity index (χ2n) is 4.47. The van der Waals surface area contributed by atoms with E-state index in [2.05, 4.69) is 41.5 Å². The van der Waals surface area contributed by atoms with Gasteiger partial charge in [-0.3, -0.25) is 4.57 Å². The fourth-order valence-electron chi connectivity index (χ4n) is 2.11. The average molecular weight is 292 g/mol. The summed E-state index contributed by atoms with van der Waals surface area (Å²) in [5, 5.41) is 10.7. The summed E-state index contributed by atoms with van der Waals surface area (Å²) >= 11 is 1.52. The van der Waals surface area contributed by atoms with Gasteiger partial charge in [0.15, 0.2) is 5.16 Å². The molecule has 0 radical (unpaired) electrons. The molecule has 6 heteroatoms. The van der Waals surface area contributed by atoms with Crippen molar-refractivity contribution in [3.63, 3.8) is 0 Å². The molecule has 2 N–H and O–H groups in total. The maximum absolute atomic E-state index is 11.6. The summed E-state index contributed by atoms with van der Waals surface area (Å²) in [5.74, 6) is 0. The van der Waals surface area contributed by atoms with Gasteiger partial charge in [0.25, 0.3) is 0 Å². The average Bonchev–Trinajstić information content (AvgIpc) is 2.80. The fourth-order valence-corrected chi connectivity index (χ4v) is 3.23. The Morgan fingerprint density at radius 1 is 1.40 bits per heavy atom. The van der Waals surface area contributed by atoms with Crippen molar-refractivity contribution in [1.29, 1.82) is 0 Å². The number of hydrogen-bond donors (Lipinski definition) is 2. The molecular weight excluding hydrogens is 272 g/mol. The van der Waals surface area contributed by atoms with Crippen LogP contribution in [0.1, 0.15) is 32.4 Å². The van der Waals surface area contributed by atoms with Gasteiger partial charge in [-0.05, 0) is 43.8 Å². The zero-order valence-corrected chi connectivity index (χ0v) is 12.8. The molecule has 0 fully saturated rings. The molecule has 0 aliphatic carbocycles. The van der Waals surface area contributed by atoms with Crippen molar-refractivity contribution in [3.8, 4) is 0 Å². The lowest BCUT2D eigenvalue weighted by molar-refractivity contribution is 0.589. The Kier molecular flexibility index (Phi) is 5.03. The molecule has 1 atom stereocenters. The highest BCUT2D eigenvalue weighted by Crippen LogP contribution is 2.31. The van der Waals surface area contributed by atoms with Crippen molar-refractivity contribution in [2.75, 3.05) is 6.54 Å². The monoisotopic (exact) mass is 292 g/mol. The van der Waals surface area contributed by atoms with Crippen molar-refractivity contribution in [2.45, 2.75) is 43.4 Å². The second kappa shape index (κ2) is 6.76. The van der Waals surface area contributed by atoms with E-state index >= 15 is 0 Å². The first kappa shape index (κ1) is 14.9. The number of aromatic amines is 1. The predicted octanol–water partition coefficient (Wildman–Crippen LogP) is 2.41. The third-order valence-electron chi connectivity index (χ3n) is 3.14. The SMILES string of the molecule is CCNC(C)c1ccccc1Sc1n[nH]c(=O)n1CC. The number of hydrogen-bond acceptors (Lipinski definition) is 4. The van der Waals surface area contributed by atoms with E-state index in [-0.39, 0.29) is 11.7 Å². The van der Waals surface area contributed by atoms with E-state index in [0.29, 0.717) is 11.7 Å². The molecule has 2 aromatic rings. The lowest BCUT2D eigenvalue weighted by Crippen LogP contribution is -2.18. The molecule has 1 aromatic heterocycles. The van der Waals surface area contributed by atoms with Gasteiger partial charge in [0.1, 0.15) is 0 Å². The van der Waals surface area contributed by atoms with Crippen LogP contribution in [0.3, 0.4) is 0 Å². The number of nitrogens with one attached hydrogen (secondary N) is 2. The lowest BCUT2D eigenvalue weighted by atomic mass is 10.1. The number of H-pyrrole nitrogens is 1. The van der Waals surface area contributed by atoms with Crippen LogP contribution < -0.4 is 11.0 Å². The normalized spacial score (nSPS) is 12.6. The van der Waals surface area contributed by atoms with E-state index in [1.54, 1.807) is 4.57 Å². The highest BCUT2D eigenvalue weighted by atomic mass is 32.2. The smallest absolute Gasteiger partial charge is 0.310 e. The van der Waals surface area contributed by atoms with E-state index in [9.17, 15) is 4.79 Å². The first-order chi connectivity index (χ1) is 9.67. The Labute approximate surface area is 122 Å². The van der Waals surface area contributed by atoms with Gasteiger partial charge in [-0.1, -0.05) is 25.1 Å². The maximum atomic E-state index is 11.6. The lowest BCUT2D eigenvalue weighted by Gasteiger charge is -2.16. The first-order valence-electron chi connectivity index (χ1n) is 6.82. The Morgan fingerprint density at radius 3 is 2.85 bits per heavy atom. The predicted molar refractivity (Wildman–Crippen MR) is 81.2 cm³/mol. The van der Waals surface area contributed by atoms with Crippen molar-refractivity contribution in [2.24, 2.45) is 0 Å². The van der Waals surface area contributed by atoms with Gasteiger partial charge in [0.05, 0.1) is 0 Å². The van der Waals surface area contributed by atoms with Crippen molar-refractivity contribution in [3.05, 3.63) is 40.3 Å². The summed E-state index contributed by atoms with van der Waals surface area (Å²) in [6.07, 6.45) is 0. The highest BCUT2D eigenvalue weighted by molar-refractivity contribution is 7.99. The quantitative estimate of drug-likeness (QED) is 0.858. The largest absolute Gasteiger partial charge is 0.343 e. The zero-order chi connectivity index (χ0) is 14.5. The van der Waals surface area contributed by atoms with Crippen LogP contribution in [0, 0.1) is 0 Å². The van der Waals surface area contributed by atoms with E-state index in [1.165, 1.54) is 17.3 Å². The molecule has 0 amide bonds. The van der Waals surface area contributed by atoms with Crippen molar-refractivity contribution in [1.82, 2.24) is 20.1 Å². The number of benzene rings is 1. The Morgan fingerprint density at radius 2 is 2.15 bits per heavy atom. The molecule has 5 nitrogen and oxygen atoms in total. The third kappa shape index (κ3) is 3.13. The molecular formula is C14H20N4OS. The fraction of sp³-hybridized carbons (Fsp3) is 0.429. The first-order valence-corrected chi connectivity index (χ1v) is 7.64. The molecule has 1 heterocycles. The Hall–Kier alpha value is -1.53. The van der Waals surface area contributed by atoms with Crippen molar-refractivity contribution < 1.29 is 0 Å². The molecule has 108 valence electrons. The molecule has 0 saturated carbocycles. The topological polar surface area (TPSA) is 62.7 Å². The number of rotatable bonds is 6. The van der Waals surface area contributed by atoms with E-state index in [0.717, 1.165) is 11.4 Å². The summed E-state index contributed by atoms with van der Waals surface area (Å²) in [6, 6.07) is 8.48. The molecule has 0 saturated heterocycles. The van der Waals surface area contributed by atoms with Crippen LogP contribution in [-0.4, -0.2) is 21.3 Å². The van der Waals surface area contributed by atoms with Gasteiger partial charge in [-0.25, -0.2) is 9.89 Å². The Balaban J connectivity index is 2.31. The summed E-state index contributed by atoms with van der Waals surface area (Å²) in [5.41, 5.74) is 1.06. The van der Waals surface area contributed by atoms with Gasteiger partial charge < -0.3 is 5.32 Å². The van der Waals surface area contributed by atoms with Crippen LogP contribution in [0.2, 0.25) is 0 Å². The maximum Gasteiger partial charge on any atom is 0.343 e. The van der Waals surface area contributed by atoms with E-state index in [1.807, 2.05) is 19.1 Å². The van der Waals surface area contributed by atoms with Crippen LogP contribution in [0.25, 0.3) is 0 Å². The van der Waals surface area contributed by atoms with Crippen molar-refractivity contribution >= 4 is 11.8 Å². The van der Waals surface area contributed by atoms with Crippen LogP contribution in [0.15, 0.2) is 39.1 Å². The minimum absolute atomic E-state index is 0.160. The minimum atomic E-state index is -0.160. The summed E-state index contributed by atoms with van der Waals surface area (Å²) in [4.78, 5) is 12.7. The molecule has 0 aliphatic rings. The number of nitrogens with zero attached hydrogens (tertiary/aromatic N) is 2. The molecule has 1 unspecified atom stereocenters. The summed E-state index contributed by atoms with van der Waals surface area (Å²) in [7, 11) is 0. The minimum Gasteiger partial charge on any atom is -0.310 e. The zero-order valence-electron chi connectivity index (χ0n) is 12.0. The number of aromatic nitrogens is 3. The summed E-state index contributed by atoms with van der Waals surface area (Å²) in [6.45, 7) is 7.70. The van der Waals surface area contributed by atoms with E-state index < -0.39 is 0 Å². The van der Waals surface area contributed by atoms with Gasteiger partial charge in [-0.15, -0.1) is 5.10 Å². The molecule has 2 rings (SSSR count). The van der Waals surface area contributed by atoms with Gasteiger partial charge in [0, 0.05) is 17.5 Å². The highest BCUT2D eigenvalue weighted by Gasteiger charge is 2.14. The van der Waals surface area contributed by atoms with Crippen LogP contribution >= 0.6 is 11.8 Å². The van der Waals surface area contributed by atoms with Gasteiger partial charge >= 0.3 is 5.69 Å². The molecule has 0 bridgehead atoms. The second-order valence-corrected chi connectivity index (χ2v) is 5.48. The van der Waals surface area contributed by atoms with Crippen LogP contribution in [0.5, 0.6) is 0 Å². The molecule has 20 heavy (non-hydrogen) atoms.